The van der Waals surface area contributed by atoms with Crippen LogP contribution in [-0.2, 0) is 0 Å². The Bertz CT molecular complexity index is 717. The number of thiophene rings is 1. The van der Waals surface area contributed by atoms with Crippen LogP contribution in [0.4, 0.5) is 5.82 Å². The molecule has 94 valence electrons. The highest BCUT2D eigenvalue weighted by Crippen LogP contribution is 2.15. The predicted molar refractivity (Wildman–Crippen MR) is 81.9 cm³/mol. The van der Waals surface area contributed by atoms with Gasteiger partial charge in [0, 0.05) is 10.3 Å². The van der Waals surface area contributed by atoms with E-state index >= 15 is 0 Å². The smallest absolute Gasteiger partial charge is 0.146 e. The fraction of sp³-hybridized carbons (Fsp3) is 0.0667. The fourth-order valence-corrected chi connectivity index (χ4v) is 2.49. The molecular formula is C15H13N3S. The van der Waals surface area contributed by atoms with Crippen molar-refractivity contribution in [2.24, 2.45) is 5.10 Å². The van der Waals surface area contributed by atoms with Crippen molar-refractivity contribution in [3.63, 3.8) is 0 Å². The lowest BCUT2D eigenvalue weighted by Gasteiger charge is -2.03. The molecule has 0 unspecified atom stereocenters. The summed E-state index contributed by atoms with van der Waals surface area (Å²) in [5, 5.41) is 7.53. The van der Waals surface area contributed by atoms with Gasteiger partial charge in [0.2, 0.25) is 0 Å². The van der Waals surface area contributed by atoms with Gasteiger partial charge in [-0.25, -0.2) is 4.98 Å². The lowest BCUT2D eigenvalue weighted by molar-refractivity contribution is 1.25. The number of fused-ring (bicyclic) bond motifs is 1. The van der Waals surface area contributed by atoms with E-state index in [1.165, 1.54) is 0 Å². The van der Waals surface area contributed by atoms with Crippen molar-refractivity contribution in [2.45, 2.75) is 6.92 Å². The average molecular weight is 267 g/mol. The minimum atomic E-state index is 0.759. The largest absolute Gasteiger partial charge is 0.261 e. The zero-order chi connectivity index (χ0) is 13.1. The van der Waals surface area contributed by atoms with Crippen LogP contribution in [0.3, 0.4) is 0 Å². The van der Waals surface area contributed by atoms with Crippen LogP contribution in [0.25, 0.3) is 10.9 Å². The van der Waals surface area contributed by atoms with Crippen LogP contribution in [0.2, 0.25) is 0 Å². The quantitative estimate of drug-likeness (QED) is 0.572. The summed E-state index contributed by atoms with van der Waals surface area (Å²) in [6, 6.07) is 16.1. The maximum Gasteiger partial charge on any atom is 0.146 e. The molecule has 2 aromatic heterocycles. The van der Waals surface area contributed by atoms with E-state index in [1.807, 2.05) is 54.8 Å². The summed E-state index contributed by atoms with van der Waals surface area (Å²) in [4.78, 5) is 5.67. The standard InChI is InChI=1S/C15H13N3S/c1-11(14-7-4-10-19-14)17-18-15-9-8-12-5-2-3-6-13(12)16-15/h2-10H,1H3,(H,16,18)/b17-11-. The molecule has 4 heteroatoms. The minimum Gasteiger partial charge on any atom is -0.261 e. The zero-order valence-electron chi connectivity index (χ0n) is 10.5. The third kappa shape index (κ3) is 2.63. The first kappa shape index (κ1) is 11.9. The predicted octanol–water partition coefficient (Wildman–Crippen LogP) is 4.13. The summed E-state index contributed by atoms with van der Waals surface area (Å²) < 4.78 is 0. The van der Waals surface area contributed by atoms with E-state index in [2.05, 4.69) is 21.6 Å². The molecule has 0 radical (unpaired) electrons. The SMILES string of the molecule is C/C(=N/Nc1ccc2ccccc2n1)c1cccs1. The number of nitrogens with one attached hydrogen (secondary N) is 1. The maximum absolute atomic E-state index is 4.51. The number of pyridine rings is 1. The van der Waals surface area contributed by atoms with Gasteiger partial charge in [-0.15, -0.1) is 11.3 Å². The number of rotatable bonds is 3. The average Bonchev–Trinajstić information content (AvgIpc) is 2.99. The number of hydrogen-bond acceptors (Lipinski definition) is 4. The Labute approximate surface area is 115 Å². The van der Waals surface area contributed by atoms with Gasteiger partial charge in [-0.2, -0.15) is 5.10 Å². The van der Waals surface area contributed by atoms with Gasteiger partial charge >= 0.3 is 0 Å². The van der Waals surface area contributed by atoms with Crippen LogP contribution in [-0.4, -0.2) is 10.7 Å². The van der Waals surface area contributed by atoms with Crippen LogP contribution < -0.4 is 5.43 Å². The molecule has 0 saturated carbocycles. The molecule has 1 aromatic carbocycles. The summed E-state index contributed by atoms with van der Waals surface area (Å²) >= 11 is 1.68. The van der Waals surface area contributed by atoms with Gasteiger partial charge in [0.15, 0.2) is 0 Å². The van der Waals surface area contributed by atoms with Gasteiger partial charge in [0.05, 0.1) is 11.2 Å². The second-order valence-corrected chi connectivity index (χ2v) is 5.12. The molecule has 0 atom stereocenters. The number of aromatic nitrogens is 1. The Balaban J connectivity index is 1.84. The second kappa shape index (κ2) is 5.20. The van der Waals surface area contributed by atoms with Gasteiger partial charge in [-0.3, -0.25) is 5.43 Å². The van der Waals surface area contributed by atoms with Crippen LogP contribution in [0.15, 0.2) is 59.0 Å². The molecule has 19 heavy (non-hydrogen) atoms. The van der Waals surface area contributed by atoms with Crippen molar-refractivity contribution in [1.29, 1.82) is 0 Å². The van der Waals surface area contributed by atoms with Crippen LogP contribution in [0.1, 0.15) is 11.8 Å². The van der Waals surface area contributed by atoms with E-state index in [4.69, 9.17) is 0 Å². The number of benzene rings is 1. The van der Waals surface area contributed by atoms with Crippen LogP contribution in [0, 0.1) is 0 Å². The van der Waals surface area contributed by atoms with E-state index in [0.717, 1.165) is 27.3 Å². The monoisotopic (exact) mass is 267 g/mol. The number of anilines is 1. The normalized spacial score (nSPS) is 11.7. The molecule has 2 heterocycles. The Morgan fingerprint density at radius 3 is 2.84 bits per heavy atom. The van der Waals surface area contributed by atoms with Crippen molar-refractivity contribution in [3.8, 4) is 0 Å². The van der Waals surface area contributed by atoms with Gasteiger partial charge in [-0.1, -0.05) is 24.3 Å². The number of nitrogens with zero attached hydrogens (tertiary/aromatic N) is 2. The van der Waals surface area contributed by atoms with Crippen LogP contribution in [0.5, 0.6) is 0 Å². The fourth-order valence-electron chi connectivity index (χ4n) is 1.81. The Morgan fingerprint density at radius 2 is 2.00 bits per heavy atom. The third-order valence-corrected chi connectivity index (χ3v) is 3.79. The first-order chi connectivity index (χ1) is 9.33. The molecule has 0 spiro atoms. The first-order valence-electron chi connectivity index (χ1n) is 6.03. The minimum absolute atomic E-state index is 0.759. The molecule has 1 N–H and O–H groups in total. The number of para-hydroxylation sites is 1. The molecule has 0 saturated heterocycles. The highest BCUT2D eigenvalue weighted by atomic mass is 32.1. The van der Waals surface area contributed by atoms with E-state index in [9.17, 15) is 0 Å². The van der Waals surface area contributed by atoms with Gasteiger partial charge < -0.3 is 0 Å². The van der Waals surface area contributed by atoms with Crippen molar-refractivity contribution in [3.05, 3.63) is 58.8 Å². The second-order valence-electron chi connectivity index (χ2n) is 4.18. The molecule has 0 aliphatic rings. The van der Waals surface area contributed by atoms with Crippen molar-refractivity contribution in [2.75, 3.05) is 5.43 Å². The Hall–Kier alpha value is -2.20. The maximum atomic E-state index is 4.51. The zero-order valence-corrected chi connectivity index (χ0v) is 11.3. The molecule has 0 bridgehead atoms. The van der Waals surface area contributed by atoms with Crippen molar-refractivity contribution in [1.82, 2.24) is 4.98 Å². The van der Waals surface area contributed by atoms with Gasteiger partial charge in [0.25, 0.3) is 0 Å². The van der Waals surface area contributed by atoms with Gasteiger partial charge in [0.1, 0.15) is 5.82 Å². The number of hydrogen-bond donors (Lipinski definition) is 1. The summed E-state index contributed by atoms with van der Waals surface area (Å²) in [6.07, 6.45) is 0. The highest BCUT2D eigenvalue weighted by Gasteiger charge is 1.99. The lowest BCUT2D eigenvalue weighted by atomic mass is 10.2. The molecule has 3 aromatic rings. The highest BCUT2D eigenvalue weighted by molar-refractivity contribution is 7.12. The molecule has 3 nitrogen and oxygen atoms in total. The molecule has 0 aliphatic heterocycles. The van der Waals surface area contributed by atoms with E-state index in [1.54, 1.807) is 11.3 Å². The molecule has 0 aliphatic carbocycles. The third-order valence-electron chi connectivity index (χ3n) is 2.81. The molecule has 0 amide bonds. The Kier molecular flexibility index (Phi) is 3.25. The van der Waals surface area contributed by atoms with Crippen molar-refractivity contribution >= 4 is 33.8 Å². The summed E-state index contributed by atoms with van der Waals surface area (Å²) in [5.74, 6) is 0.759. The van der Waals surface area contributed by atoms with Crippen LogP contribution >= 0.6 is 11.3 Å². The summed E-state index contributed by atoms with van der Waals surface area (Å²) in [5.41, 5.74) is 4.94. The van der Waals surface area contributed by atoms with Gasteiger partial charge in [-0.05, 0) is 36.6 Å². The summed E-state index contributed by atoms with van der Waals surface area (Å²) in [7, 11) is 0. The topological polar surface area (TPSA) is 37.3 Å². The summed E-state index contributed by atoms with van der Waals surface area (Å²) in [6.45, 7) is 1.99. The number of hydrazone groups is 1. The van der Waals surface area contributed by atoms with E-state index in [-0.39, 0.29) is 0 Å². The van der Waals surface area contributed by atoms with Crippen molar-refractivity contribution < 1.29 is 0 Å². The van der Waals surface area contributed by atoms with E-state index < -0.39 is 0 Å². The lowest BCUT2D eigenvalue weighted by Crippen LogP contribution is -1.98. The molecule has 0 fully saturated rings. The first-order valence-corrected chi connectivity index (χ1v) is 6.91. The van der Waals surface area contributed by atoms with E-state index in [0.29, 0.717) is 0 Å². The molecular weight excluding hydrogens is 254 g/mol. The Morgan fingerprint density at radius 1 is 1.11 bits per heavy atom. The molecule has 3 rings (SSSR count).